The first-order chi connectivity index (χ1) is 20.5. The largest absolute Gasteiger partial charge is 0.507 e. The van der Waals surface area contributed by atoms with Crippen molar-refractivity contribution in [2.75, 3.05) is 0 Å². The van der Waals surface area contributed by atoms with Crippen LogP contribution in [-0.4, -0.2) is 28.0 Å². The van der Waals surface area contributed by atoms with Crippen molar-refractivity contribution in [1.29, 1.82) is 0 Å². The number of aryl methyl sites for hydroxylation is 1. The Labute approximate surface area is 245 Å². The van der Waals surface area contributed by atoms with Gasteiger partial charge in [-0.1, -0.05) is 97.1 Å². The van der Waals surface area contributed by atoms with Crippen LogP contribution in [0.1, 0.15) is 52.8 Å². The molecule has 0 radical (unpaired) electrons. The van der Waals surface area contributed by atoms with E-state index in [2.05, 4.69) is 58.7 Å². The van der Waals surface area contributed by atoms with E-state index >= 15 is 0 Å². The molecule has 0 unspecified atom stereocenters. The van der Waals surface area contributed by atoms with Crippen LogP contribution in [0.15, 0.2) is 130 Å². The maximum Gasteiger partial charge on any atom is 0.133 e. The van der Waals surface area contributed by atoms with Gasteiger partial charge in [-0.15, -0.1) is 10.2 Å². The summed E-state index contributed by atoms with van der Waals surface area (Å²) in [4.78, 5) is 0. The van der Waals surface area contributed by atoms with E-state index in [1.54, 1.807) is 0 Å². The lowest BCUT2D eigenvalue weighted by atomic mass is 9.99. The maximum absolute atomic E-state index is 11.4. The zero-order chi connectivity index (χ0) is 28.8. The summed E-state index contributed by atoms with van der Waals surface area (Å²) < 4.78 is 0. The molecule has 0 spiro atoms. The van der Waals surface area contributed by atoms with E-state index in [-0.39, 0.29) is 5.75 Å². The fraction of sp³-hybridized carbons (Fsp3) is 0.0811. The second kappa shape index (κ2) is 10.2. The van der Waals surface area contributed by atoms with E-state index in [1.807, 2.05) is 81.4 Å². The lowest BCUT2D eigenvalue weighted by molar-refractivity contribution is 0.472. The lowest BCUT2D eigenvalue weighted by Gasteiger charge is -2.11. The highest BCUT2D eigenvalue weighted by atomic mass is 16.3. The second-order valence-corrected chi connectivity index (χ2v) is 10.7. The minimum absolute atomic E-state index is 0.114. The fourth-order valence-corrected chi connectivity index (χ4v) is 5.89. The molecule has 202 valence electrons. The standard InChI is InChI=1S/C37H28N4O/c1-22-20-33(23(2)38-40-35-29-16-8-4-12-25(29)26-13-5-9-17-30(26)35)37(42)34(21-22)24(3)39-41-36-31-18-10-6-14-27(31)28-15-7-11-19-32(28)36/h4-21,42H,1-3H3/b38-23+,39-24+. The first-order valence-corrected chi connectivity index (χ1v) is 14.0. The summed E-state index contributed by atoms with van der Waals surface area (Å²) in [5, 5.41) is 30.0. The van der Waals surface area contributed by atoms with E-state index in [9.17, 15) is 5.11 Å². The van der Waals surface area contributed by atoms with E-state index in [4.69, 9.17) is 10.2 Å². The predicted molar refractivity (Wildman–Crippen MR) is 172 cm³/mol. The number of hydrogen-bond acceptors (Lipinski definition) is 5. The van der Waals surface area contributed by atoms with Gasteiger partial charge in [0.1, 0.15) is 17.2 Å². The molecule has 42 heavy (non-hydrogen) atoms. The molecule has 2 aliphatic rings. The molecule has 0 heterocycles. The number of fused-ring (bicyclic) bond motifs is 6. The van der Waals surface area contributed by atoms with Gasteiger partial charge in [-0.3, -0.25) is 0 Å². The quantitative estimate of drug-likeness (QED) is 0.176. The highest BCUT2D eigenvalue weighted by Crippen LogP contribution is 2.38. The molecule has 0 saturated carbocycles. The van der Waals surface area contributed by atoms with Crippen molar-refractivity contribution < 1.29 is 5.11 Å². The Morgan fingerprint density at radius 3 is 1.07 bits per heavy atom. The Morgan fingerprint density at radius 1 is 0.476 bits per heavy atom. The summed E-state index contributed by atoms with van der Waals surface area (Å²) in [5.41, 5.74) is 14.0. The number of phenolic OH excluding ortho intramolecular Hbond substituents is 1. The predicted octanol–water partition coefficient (Wildman–Crippen LogP) is 8.18. The van der Waals surface area contributed by atoms with Crippen molar-refractivity contribution in [1.82, 2.24) is 0 Å². The Kier molecular flexibility index (Phi) is 6.20. The molecular formula is C37H28N4O. The first kappa shape index (κ1) is 25.5. The van der Waals surface area contributed by atoms with Gasteiger partial charge in [-0.25, -0.2) is 0 Å². The van der Waals surface area contributed by atoms with Crippen molar-refractivity contribution >= 4 is 22.8 Å². The van der Waals surface area contributed by atoms with Crippen LogP contribution in [0.5, 0.6) is 5.75 Å². The average Bonchev–Trinajstić information content (AvgIpc) is 3.52. The van der Waals surface area contributed by atoms with Gasteiger partial charge in [-0.2, -0.15) is 10.2 Å². The molecule has 0 saturated heterocycles. The Hall–Kier alpha value is -5.42. The van der Waals surface area contributed by atoms with E-state index < -0.39 is 0 Å². The summed E-state index contributed by atoms with van der Waals surface area (Å²) in [6.45, 7) is 5.74. The van der Waals surface area contributed by atoms with Crippen LogP contribution < -0.4 is 0 Å². The minimum Gasteiger partial charge on any atom is -0.507 e. The van der Waals surface area contributed by atoms with Crippen molar-refractivity contribution in [3.8, 4) is 28.0 Å². The number of rotatable bonds is 4. The van der Waals surface area contributed by atoms with Gasteiger partial charge >= 0.3 is 0 Å². The van der Waals surface area contributed by atoms with Crippen LogP contribution in [0.4, 0.5) is 0 Å². The Morgan fingerprint density at radius 2 is 0.762 bits per heavy atom. The maximum atomic E-state index is 11.4. The van der Waals surface area contributed by atoms with Crippen LogP contribution in [0, 0.1) is 6.92 Å². The zero-order valence-corrected chi connectivity index (χ0v) is 23.6. The van der Waals surface area contributed by atoms with Gasteiger partial charge in [0, 0.05) is 33.4 Å². The SMILES string of the molecule is C/C(=N\N=C1c2ccccc2-c2ccccc21)c1cc(C)cc(/C(C)=N/N=C2c3ccccc3-c3ccccc32)c1O. The molecule has 1 N–H and O–H groups in total. The summed E-state index contributed by atoms with van der Waals surface area (Å²) in [7, 11) is 0. The number of phenols is 1. The summed E-state index contributed by atoms with van der Waals surface area (Å²) in [6, 6.07) is 36.8. The molecule has 5 nitrogen and oxygen atoms in total. The third kappa shape index (κ3) is 4.18. The van der Waals surface area contributed by atoms with Crippen molar-refractivity contribution in [2.24, 2.45) is 20.4 Å². The molecule has 7 rings (SSSR count). The molecule has 0 fully saturated rings. The smallest absolute Gasteiger partial charge is 0.133 e. The van der Waals surface area contributed by atoms with Crippen molar-refractivity contribution in [3.63, 3.8) is 0 Å². The number of aromatic hydroxyl groups is 1. The highest BCUT2D eigenvalue weighted by Gasteiger charge is 2.25. The van der Waals surface area contributed by atoms with Gasteiger partial charge in [0.15, 0.2) is 0 Å². The molecule has 0 atom stereocenters. The molecular weight excluding hydrogens is 516 g/mol. The molecule has 0 aliphatic heterocycles. The molecule has 0 aromatic heterocycles. The van der Waals surface area contributed by atoms with Gasteiger partial charge in [0.2, 0.25) is 0 Å². The average molecular weight is 545 g/mol. The Bertz CT molecular complexity index is 1790. The second-order valence-electron chi connectivity index (χ2n) is 10.7. The van der Waals surface area contributed by atoms with Crippen LogP contribution in [-0.2, 0) is 0 Å². The van der Waals surface area contributed by atoms with Crippen molar-refractivity contribution in [3.05, 3.63) is 148 Å². The molecule has 0 bridgehead atoms. The molecule has 0 amide bonds. The van der Waals surface area contributed by atoms with Crippen LogP contribution in [0.2, 0.25) is 0 Å². The molecule has 5 aromatic carbocycles. The summed E-state index contributed by atoms with van der Waals surface area (Å²) in [5.74, 6) is 0.114. The van der Waals surface area contributed by atoms with Gasteiger partial charge < -0.3 is 5.11 Å². The number of nitrogens with zero attached hydrogens (tertiary/aromatic N) is 4. The molecule has 5 heteroatoms. The molecule has 2 aliphatic carbocycles. The van der Waals surface area contributed by atoms with Crippen LogP contribution in [0.3, 0.4) is 0 Å². The fourth-order valence-electron chi connectivity index (χ4n) is 5.89. The highest BCUT2D eigenvalue weighted by molar-refractivity contribution is 6.25. The monoisotopic (exact) mass is 544 g/mol. The zero-order valence-electron chi connectivity index (χ0n) is 23.6. The van der Waals surface area contributed by atoms with Gasteiger partial charge in [-0.05, 0) is 60.7 Å². The Balaban J connectivity index is 1.27. The van der Waals surface area contributed by atoms with E-state index in [0.29, 0.717) is 22.6 Å². The third-order valence-electron chi connectivity index (χ3n) is 7.94. The van der Waals surface area contributed by atoms with Gasteiger partial charge in [0.05, 0.1) is 11.4 Å². The summed E-state index contributed by atoms with van der Waals surface area (Å²) >= 11 is 0. The normalized spacial score (nSPS) is 13.4. The third-order valence-corrected chi connectivity index (χ3v) is 7.94. The summed E-state index contributed by atoms with van der Waals surface area (Å²) in [6.07, 6.45) is 0. The van der Waals surface area contributed by atoms with Crippen molar-refractivity contribution in [2.45, 2.75) is 20.8 Å². The van der Waals surface area contributed by atoms with E-state index in [0.717, 1.165) is 61.5 Å². The molecule has 5 aromatic rings. The number of hydrogen-bond donors (Lipinski definition) is 1. The minimum atomic E-state index is 0.114. The number of benzene rings is 5. The van der Waals surface area contributed by atoms with E-state index in [1.165, 1.54) is 0 Å². The van der Waals surface area contributed by atoms with Gasteiger partial charge in [0.25, 0.3) is 0 Å². The topological polar surface area (TPSA) is 69.7 Å². The van der Waals surface area contributed by atoms with Crippen LogP contribution >= 0.6 is 0 Å². The lowest BCUT2D eigenvalue weighted by Crippen LogP contribution is -2.04. The first-order valence-electron chi connectivity index (χ1n) is 14.0. The van der Waals surface area contributed by atoms with Crippen LogP contribution in [0.25, 0.3) is 22.3 Å².